The van der Waals surface area contributed by atoms with E-state index in [0.717, 1.165) is 5.75 Å². The first-order valence-electron chi connectivity index (χ1n) is 7.40. The first-order valence-corrected chi connectivity index (χ1v) is 9.11. The van der Waals surface area contributed by atoms with Crippen LogP contribution >= 0.6 is 0 Å². The molecular formula is C21H16OSe. The molecule has 2 heteroatoms. The van der Waals surface area contributed by atoms with Gasteiger partial charge in [-0.2, -0.15) is 0 Å². The Labute approximate surface area is 143 Å². The third kappa shape index (κ3) is 4.76. The van der Waals surface area contributed by atoms with Gasteiger partial charge in [0.2, 0.25) is 0 Å². The van der Waals surface area contributed by atoms with E-state index >= 15 is 0 Å². The number of rotatable bonds is 4. The molecule has 3 rings (SSSR count). The van der Waals surface area contributed by atoms with Crippen LogP contribution in [-0.4, -0.2) is 21.6 Å². The summed E-state index contributed by atoms with van der Waals surface area (Å²) in [6.07, 6.45) is 0. The van der Waals surface area contributed by atoms with Crippen molar-refractivity contribution >= 4 is 19.4 Å². The second-order valence-corrected chi connectivity index (χ2v) is 6.72. The molecule has 3 aromatic rings. The van der Waals surface area contributed by atoms with Crippen LogP contribution in [0.15, 0.2) is 84.9 Å². The van der Waals surface area contributed by atoms with Gasteiger partial charge >= 0.3 is 143 Å². The molecule has 0 aliphatic carbocycles. The predicted octanol–water partition coefficient (Wildman–Crippen LogP) is 3.72. The monoisotopic (exact) mass is 364 g/mol. The summed E-state index contributed by atoms with van der Waals surface area (Å²) in [7, 11) is 0. The van der Waals surface area contributed by atoms with E-state index in [1.165, 1.54) is 15.6 Å². The molecule has 112 valence electrons. The van der Waals surface area contributed by atoms with Crippen LogP contribution in [0.3, 0.4) is 0 Å². The predicted molar refractivity (Wildman–Crippen MR) is 97.0 cm³/mol. The Morgan fingerprint density at radius 1 is 0.696 bits per heavy atom. The molecule has 23 heavy (non-hydrogen) atoms. The molecule has 0 aliphatic heterocycles. The molecule has 0 radical (unpaired) electrons. The molecule has 1 nitrogen and oxygen atoms in total. The molecule has 0 unspecified atom stereocenters. The van der Waals surface area contributed by atoms with Crippen molar-refractivity contribution in [1.29, 1.82) is 0 Å². The van der Waals surface area contributed by atoms with Gasteiger partial charge < -0.3 is 0 Å². The molecule has 0 bridgehead atoms. The molecule has 0 N–H and O–H groups in total. The Balaban J connectivity index is 1.52. The zero-order valence-corrected chi connectivity index (χ0v) is 14.3. The van der Waals surface area contributed by atoms with Gasteiger partial charge in [-0.25, -0.2) is 0 Å². The van der Waals surface area contributed by atoms with Crippen molar-refractivity contribution in [3.8, 4) is 27.6 Å². The van der Waals surface area contributed by atoms with E-state index in [-0.39, 0.29) is 15.0 Å². The van der Waals surface area contributed by atoms with E-state index in [2.05, 4.69) is 47.1 Å². The first-order chi connectivity index (χ1) is 11.4. The number of hydrogen-bond donors (Lipinski definition) is 0. The van der Waals surface area contributed by atoms with Crippen molar-refractivity contribution < 1.29 is 4.74 Å². The molecule has 0 aromatic heterocycles. The summed E-state index contributed by atoms with van der Waals surface area (Å²) >= 11 is 0.196. The van der Waals surface area contributed by atoms with Gasteiger partial charge in [-0.3, -0.25) is 0 Å². The average molecular weight is 363 g/mol. The van der Waals surface area contributed by atoms with Crippen LogP contribution < -0.4 is 9.20 Å². The maximum atomic E-state index is 5.67. The van der Waals surface area contributed by atoms with Gasteiger partial charge in [0.25, 0.3) is 0 Å². The number of hydrogen-bond acceptors (Lipinski definition) is 1. The average Bonchev–Trinajstić information content (AvgIpc) is 2.64. The van der Waals surface area contributed by atoms with Crippen LogP contribution in [0.1, 0.15) is 0 Å². The zero-order chi connectivity index (χ0) is 15.7. The van der Waals surface area contributed by atoms with Crippen molar-refractivity contribution in [3.63, 3.8) is 0 Å². The third-order valence-electron chi connectivity index (χ3n) is 3.26. The molecule has 0 atom stereocenters. The van der Waals surface area contributed by atoms with Gasteiger partial charge in [0.05, 0.1) is 0 Å². The molecule has 0 spiro atoms. The summed E-state index contributed by atoms with van der Waals surface area (Å²) < 4.78 is 6.96. The van der Waals surface area contributed by atoms with Gasteiger partial charge in [0.1, 0.15) is 0 Å². The van der Waals surface area contributed by atoms with Gasteiger partial charge in [0, 0.05) is 0 Å². The van der Waals surface area contributed by atoms with Crippen LogP contribution in [-0.2, 0) is 0 Å². The SMILES string of the molecule is C(#C[Se]c1ccccc1)COc1ccc(-c2ccccc2)cc1. The molecule has 0 amide bonds. The fourth-order valence-electron chi connectivity index (χ4n) is 2.11. The van der Waals surface area contributed by atoms with Gasteiger partial charge in [-0.1, -0.05) is 0 Å². The van der Waals surface area contributed by atoms with E-state index in [0.29, 0.717) is 6.61 Å². The van der Waals surface area contributed by atoms with E-state index in [1.807, 2.05) is 48.5 Å². The Bertz CT molecular complexity index is 784. The van der Waals surface area contributed by atoms with Crippen LogP contribution in [0.4, 0.5) is 0 Å². The fourth-order valence-corrected chi connectivity index (χ4v) is 3.24. The van der Waals surface area contributed by atoms with Gasteiger partial charge in [-0.15, -0.1) is 0 Å². The fraction of sp³-hybridized carbons (Fsp3) is 0.0476. The van der Waals surface area contributed by atoms with Crippen molar-refractivity contribution in [3.05, 3.63) is 84.9 Å². The van der Waals surface area contributed by atoms with Crippen LogP contribution in [0, 0.1) is 10.7 Å². The maximum absolute atomic E-state index is 5.67. The summed E-state index contributed by atoms with van der Waals surface area (Å²) in [5.74, 6) is 3.94. The third-order valence-corrected chi connectivity index (χ3v) is 4.84. The molecule has 0 aliphatic rings. The molecule has 0 saturated heterocycles. The van der Waals surface area contributed by atoms with E-state index < -0.39 is 0 Å². The van der Waals surface area contributed by atoms with Crippen LogP contribution in [0.2, 0.25) is 0 Å². The minimum atomic E-state index is 0.196. The normalized spacial score (nSPS) is 9.74. The summed E-state index contributed by atoms with van der Waals surface area (Å²) in [6.45, 7) is 0.430. The summed E-state index contributed by atoms with van der Waals surface area (Å²) in [4.78, 5) is 3.20. The summed E-state index contributed by atoms with van der Waals surface area (Å²) in [6, 6.07) is 28.8. The Hall–Kier alpha value is -2.46. The number of benzene rings is 3. The molecule has 0 fully saturated rings. The van der Waals surface area contributed by atoms with E-state index in [4.69, 9.17) is 4.74 Å². The standard InChI is InChI=1S/C21H16OSe/c1-3-8-18(9-4-1)19-12-14-20(15-13-19)22-16-7-17-23-21-10-5-2-6-11-21/h1-6,8-15H,16H2. The minimum absolute atomic E-state index is 0.196. The molecular weight excluding hydrogens is 347 g/mol. The topological polar surface area (TPSA) is 9.23 Å². The van der Waals surface area contributed by atoms with Gasteiger partial charge in [-0.05, 0) is 0 Å². The van der Waals surface area contributed by atoms with Gasteiger partial charge in [0.15, 0.2) is 0 Å². The molecule has 3 aromatic carbocycles. The van der Waals surface area contributed by atoms with Crippen LogP contribution in [0.5, 0.6) is 5.75 Å². The first kappa shape index (κ1) is 15.4. The Morgan fingerprint density at radius 2 is 1.30 bits per heavy atom. The summed E-state index contributed by atoms with van der Waals surface area (Å²) in [5, 5.41) is 0. The van der Waals surface area contributed by atoms with Crippen molar-refractivity contribution in [2.24, 2.45) is 0 Å². The molecule has 0 saturated carbocycles. The summed E-state index contributed by atoms with van der Waals surface area (Å²) in [5.41, 5.74) is 2.40. The molecule has 0 heterocycles. The van der Waals surface area contributed by atoms with Crippen molar-refractivity contribution in [2.45, 2.75) is 0 Å². The van der Waals surface area contributed by atoms with E-state index in [9.17, 15) is 0 Å². The zero-order valence-electron chi connectivity index (χ0n) is 12.6. The quantitative estimate of drug-likeness (QED) is 0.507. The second-order valence-electron chi connectivity index (χ2n) is 4.87. The van der Waals surface area contributed by atoms with Crippen molar-refractivity contribution in [2.75, 3.05) is 6.61 Å². The van der Waals surface area contributed by atoms with Crippen molar-refractivity contribution in [1.82, 2.24) is 0 Å². The van der Waals surface area contributed by atoms with E-state index in [1.54, 1.807) is 0 Å². The number of ether oxygens (including phenoxy) is 1. The van der Waals surface area contributed by atoms with Crippen LogP contribution in [0.25, 0.3) is 11.1 Å². The Morgan fingerprint density at radius 3 is 2.00 bits per heavy atom. The Kier molecular flexibility index (Phi) is 5.53. The second kappa shape index (κ2) is 8.25.